The standard InChI is InChI=1S/C33H40N2O4/c1-37-30-17-14-26-18-22-35(24-29(31(26)32(30)38-2)25-10-5-3-6-11-25)33(36)27-12-15-28(16-13-27)39-23-9-21-34-19-7-4-8-20-34/h3,5-6,10-17,29H,4,7-9,18-24H2,1-2H3. The topological polar surface area (TPSA) is 51.2 Å². The highest BCUT2D eigenvalue weighted by atomic mass is 16.5. The molecule has 0 N–H and O–H groups in total. The molecule has 2 aliphatic rings. The van der Waals surface area contributed by atoms with Crippen molar-refractivity contribution in [1.82, 2.24) is 9.80 Å². The molecule has 0 aliphatic carbocycles. The zero-order chi connectivity index (χ0) is 27.0. The van der Waals surface area contributed by atoms with Crippen molar-refractivity contribution < 1.29 is 19.0 Å². The van der Waals surface area contributed by atoms with E-state index in [0.29, 0.717) is 31.0 Å². The van der Waals surface area contributed by atoms with Crippen molar-refractivity contribution in [2.24, 2.45) is 0 Å². The normalized spacial score (nSPS) is 17.7. The lowest BCUT2D eigenvalue weighted by atomic mass is 9.87. The predicted molar refractivity (Wildman–Crippen MR) is 154 cm³/mol. The summed E-state index contributed by atoms with van der Waals surface area (Å²) in [6, 6.07) is 22.0. The van der Waals surface area contributed by atoms with E-state index in [9.17, 15) is 4.79 Å². The molecule has 0 bridgehead atoms. The van der Waals surface area contributed by atoms with Gasteiger partial charge in [0.2, 0.25) is 0 Å². The molecule has 0 spiro atoms. The van der Waals surface area contributed by atoms with Crippen molar-refractivity contribution in [3.8, 4) is 17.2 Å². The van der Waals surface area contributed by atoms with Gasteiger partial charge in [0.15, 0.2) is 11.5 Å². The van der Waals surface area contributed by atoms with E-state index in [0.717, 1.165) is 42.0 Å². The van der Waals surface area contributed by atoms with Crippen LogP contribution < -0.4 is 14.2 Å². The van der Waals surface area contributed by atoms with E-state index in [2.05, 4.69) is 23.1 Å². The number of carbonyl (C=O) groups is 1. The second-order valence-corrected chi connectivity index (χ2v) is 10.5. The number of piperidine rings is 1. The Morgan fingerprint density at radius 2 is 1.64 bits per heavy atom. The van der Waals surface area contributed by atoms with Crippen molar-refractivity contribution in [2.45, 2.75) is 38.0 Å². The Morgan fingerprint density at radius 1 is 0.872 bits per heavy atom. The van der Waals surface area contributed by atoms with Crippen molar-refractivity contribution in [3.63, 3.8) is 0 Å². The summed E-state index contributed by atoms with van der Waals surface area (Å²) >= 11 is 0. The van der Waals surface area contributed by atoms with E-state index in [4.69, 9.17) is 14.2 Å². The average Bonchev–Trinajstić information content (AvgIpc) is 3.20. The molecule has 2 aliphatic heterocycles. The van der Waals surface area contributed by atoms with Gasteiger partial charge in [0.25, 0.3) is 5.91 Å². The minimum Gasteiger partial charge on any atom is -0.494 e. The first-order valence-electron chi connectivity index (χ1n) is 14.2. The smallest absolute Gasteiger partial charge is 0.253 e. The molecular weight excluding hydrogens is 488 g/mol. The monoisotopic (exact) mass is 528 g/mol. The molecule has 1 amide bonds. The molecule has 1 saturated heterocycles. The number of rotatable bonds is 9. The molecule has 39 heavy (non-hydrogen) atoms. The van der Waals surface area contributed by atoms with Crippen LogP contribution in [-0.2, 0) is 6.42 Å². The lowest BCUT2D eigenvalue weighted by molar-refractivity contribution is 0.0756. The second-order valence-electron chi connectivity index (χ2n) is 10.5. The van der Waals surface area contributed by atoms with Crippen LogP contribution in [0.5, 0.6) is 17.2 Å². The van der Waals surface area contributed by atoms with Gasteiger partial charge in [0.1, 0.15) is 5.75 Å². The SMILES string of the molecule is COc1ccc2c(c1OC)C(c1ccccc1)CN(C(=O)c1ccc(OCCCN3CCCCC3)cc1)CC2. The Bertz CT molecular complexity index is 1220. The van der Waals surface area contributed by atoms with Crippen LogP contribution in [0.2, 0.25) is 0 Å². The number of benzene rings is 3. The minimum atomic E-state index is -0.0276. The van der Waals surface area contributed by atoms with Crippen molar-refractivity contribution in [2.75, 3.05) is 53.6 Å². The maximum Gasteiger partial charge on any atom is 0.253 e. The zero-order valence-corrected chi connectivity index (χ0v) is 23.2. The van der Waals surface area contributed by atoms with E-state index in [1.54, 1.807) is 14.2 Å². The highest BCUT2D eigenvalue weighted by Crippen LogP contribution is 2.43. The molecule has 6 heteroatoms. The summed E-state index contributed by atoms with van der Waals surface area (Å²) in [5.74, 6) is 2.28. The molecule has 0 saturated carbocycles. The van der Waals surface area contributed by atoms with Crippen molar-refractivity contribution in [3.05, 3.63) is 89.0 Å². The number of hydrogen-bond donors (Lipinski definition) is 0. The summed E-state index contributed by atoms with van der Waals surface area (Å²) in [6.45, 7) is 5.41. The van der Waals surface area contributed by atoms with Gasteiger partial charge in [-0.2, -0.15) is 0 Å². The number of hydrogen-bond acceptors (Lipinski definition) is 5. The van der Waals surface area contributed by atoms with E-state index < -0.39 is 0 Å². The molecule has 6 nitrogen and oxygen atoms in total. The Labute approximate surface area is 232 Å². The maximum atomic E-state index is 13.7. The maximum absolute atomic E-state index is 13.7. The van der Waals surface area contributed by atoms with Crippen LogP contribution in [0, 0.1) is 0 Å². The van der Waals surface area contributed by atoms with Crippen LogP contribution in [0.15, 0.2) is 66.7 Å². The van der Waals surface area contributed by atoms with Crippen LogP contribution in [-0.4, -0.2) is 69.3 Å². The summed E-state index contributed by atoms with van der Waals surface area (Å²) in [7, 11) is 3.35. The number of carbonyl (C=O) groups excluding carboxylic acids is 1. The highest BCUT2D eigenvalue weighted by Gasteiger charge is 2.31. The van der Waals surface area contributed by atoms with Gasteiger partial charge >= 0.3 is 0 Å². The zero-order valence-electron chi connectivity index (χ0n) is 23.2. The molecule has 1 fully saturated rings. The second kappa shape index (κ2) is 13.0. The Morgan fingerprint density at radius 3 is 2.36 bits per heavy atom. The van der Waals surface area contributed by atoms with Crippen molar-refractivity contribution in [1.29, 1.82) is 0 Å². The number of amides is 1. The van der Waals surface area contributed by atoms with Crippen LogP contribution in [0.4, 0.5) is 0 Å². The highest BCUT2D eigenvalue weighted by molar-refractivity contribution is 5.94. The largest absolute Gasteiger partial charge is 0.494 e. The fourth-order valence-electron chi connectivity index (χ4n) is 5.93. The summed E-state index contributed by atoms with van der Waals surface area (Å²) in [4.78, 5) is 18.2. The van der Waals surface area contributed by atoms with E-state index in [1.165, 1.54) is 37.9 Å². The molecule has 1 atom stereocenters. The van der Waals surface area contributed by atoms with Crippen LogP contribution in [0.3, 0.4) is 0 Å². The Hall–Kier alpha value is -3.51. The van der Waals surface area contributed by atoms with Gasteiger partial charge < -0.3 is 24.0 Å². The molecule has 1 unspecified atom stereocenters. The number of likely N-dealkylation sites (tertiary alicyclic amines) is 1. The van der Waals surface area contributed by atoms with E-state index >= 15 is 0 Å². The third-order valence-corrected chi connectivity index (χ3v) is 8.00. The number of nitrogens with zero attached hydrogens (tertiary/aromatic N) is 2. The molecule has 0 radical (unpaired) electrons. The number of fused-ring (bicyclic) bond motifs is 1. The van der Waals surface area contributed by atoms with Gasteiger partial charge in [-0.05, 0) is 80.2 Å². The fourth-order valence-corrected chi connectivity index (χ4v) is 5.93. The van der Waals surface area contributed by atoms with Gasteiger partial charge in [-0.15, -0.1) is 0 Å². The fraction of sp³-hybridized carbons (Fsp3) is 0.424. The molecule has 206 valence electrons. The van der Waals surface area contributed by atoms with Gasteiger partial charge in [0, 0.05) is 36.7 Å². The Balaban J connectivity index is 1.29. The predicted octanol–water partition coefficient (Wildman–Crippen LogP) is 5.79. The summed E-state index contributed by atoms with van der Waals surface area (Å²) in [5.41, 5.74) is 4.12. The molecule has 5 rings (SSSR count). The summed E-state index contributed by atoms with van der Waals surface area (Å²) in [5, 5.41) is 0. The van der Waals surface area contributed by atoms with Crippen LogP contribution >= 0.6 is 0 Å². The molecule has 0 aromatic heterocycles. The minimum absolute atomic E-state index is 0.0276. The van der Waals surface area contributed by atoms with Crippen LogP contribution in [0.25, 0.3) is 0 Å². The van der Waals surface area contributed by atoms with E-state index in [1.807, 2.05) is 53.4 Å². The number of ether oxygens (including phenoxy) is 3. The average molecular weight is 529 g/mol. The molecule has 3 aromatic rings. The molecular formula is C33H40N2O4. The first-order valence-corrected chi connectivity index (χ1v) is 14.2. The van der Waals surface area contributed by atoms with Gasteiger partial charge in [0.05, 0.1) is 20.8 Å². The first-order chi connectivity index (χ1) is 19.2. The van der Waals surface area contributed by atoms with Gasteiger partial charge in [-0.1, -0.05) is 42.8 Å². The summed E-state index contributed by atoms with van der Waals surface area (Å²) < 4.78 is 17.5. The lowest BCUT2D eigenvalue weighted by Crippen LogP contribution is -2.35. The third-order valence-electron chi connectivity index (χ3n) is 8.00. The number of methoxy groups -OCH3 is 2. The molecule has 2 heterocycles. The van der Waals surface area contributed by atoms with Gasteiger partial charge in [-0.3, -0.25) is 4.79 Å². The molecule has 3 aromatic carbocycles. The van der Waals surface area contributed by atoms with Crippen molar-refractivity contribution >= 4 is 5.91 Å². The quantitative estimate of drug-likeness (QED) is 0.329. The van der Waals surface area contributed by atoms with E-state index in [-0.39, 0.29) is 11.8 Å². The Kier molecular flexibility index (Phi) is 9.04. The lowest BCUT2D eigenvalue weighted by Gasteiger charge is -2.27. The first kappa shape index (κ1) is 27.1. The van der Waals surface area contributed by atoms with Gasteiger partial charge in [-0.25, -0.2) is 0 Å². The summed E-state index contributed by atoms with van der Waals surface area (Å²) in [6.07, 6.45) is 5.76. The third kappa shape index (κ3) is 6.39. The van der Waals surface area contributed by atoms with Crippen LogP contribution in [0.1, 0.15) is 58.6 Å².